The first-order chi connectivity index (χ1) is 6.40. The molecule has 2 aromatic rings. The van der Waals surface area contributed by atoms with Crippen LogP contribution in [0.5, 0.6) is 0 Å². The summed E-state index contributed by atoms with van der Waals surface area (Å²) >= 11 is 1.39. The minimum Gasteiger partial charge on any atom is -0.303 e. The first-order valence-corrected chi connectivity index (χ1v) is 4.82. The van der Waals surface area contributed by atoms with E-state index in [4.69, 9.17) is 0 Å². The van der Waals surface area contributed by atoms with Crippen molar-refractivity contribution in [2.45, 2.75) is 12.8 Å². The van der Waals surface area contributed by atoms with E-state index in [0.717, 1.165) is 28.5 Å². The summed E-state index contributed by atoms with van der Waals surface area (Å²) in [5.41, 5.74) is 2.07. The maximum atomic E-state index is 10.2. The lowest BCUT2D eigenvalue weighted by atomic mass is 10.1. The minimum atomic E-state index is 0.572. The van der Waals surface area contributed by atoms with E-state index >= 15 is 0 Å². The number of aryl methyl sites for hydroxylation is 1. The SMILES string of the molecule is O=CCCc1ccc2snnc2c1. The van der Waals surface area contributed by atoms with Gasteiger partial charge in [0.05, 0.1) is 4.70 Å². The zero-order chi connectivity index (χ0) is 9.10. The second-order valence-corrected chi connectivity index (χ2v) is 3.57. The third-order valence-corrected chi connectivity index (χ3v) is 2.57. The molecule has 4 heteroatoms. The highest BCUT2D eigenvalue weighted by atomic mass is 32.1. The number of hydrogen-bond acceptors (Lipinski definition) is 4. The van der Waals surface area contributed by atoms with Crippen molar-refractivity contribution in [2.75, 3.05) is 0 Å². The molecule has 0 atom stereocenters. The summed E-state index contributed by atoms with van der Waals surface area (Å²) in [7, 11) is 0. The van der Waals surface area contributed by atoms with Crippen LogP contribution in [0.15, 0.2) is 18.2 Å². The van der Waals surface area contributed by atoms with E-state index < -0.39 is 0 Å². The van der Waals surface area contributed by atoms with Gasteiger partial charge >= 0.3 is 0 Å². The number of carbonyl (C=O) groups is 1. The van der Waals surface area contributed by atoms with Crippen molar-refractivity contribution < 1.29 is 4.79 Å². The molecule has 13 heavy (non-hydrogen) atoms. The molecule has 1 aromatic carbocycles. The second kappa shape index (κ2) is 3.62. The van der Waals surface area contributed by atoms with Gasteiger partial charge in [-0.2, -0.15) is 0 Å². The monoisotopic (exact) mass is 192 g/mol. The molecule has 0 saturated carbocycles. The van der Waals surface area contributed by atoms with Crippen molar-refractivity contribution in [3.05, 3.63) is 23.8 Å². The highest BCUT2D eigenvalue weighted by Gasteiger charge is 1.99. The molecule has 66 valence electrons. The Morgan fingerprint density at radius 2 is 2.38 bits per heavy atom. The molecule has 0 aliphatic heterocycles. The molecule has 0 aliphatic rings. The Bertz CT molecular complexity index is 424. The van der Waals surface area contributed by atoms with E-state index in [-0.39, 0.29) is 0 Å². The summed E-state index contributed by atoms with van der Waals surface area (Å²) in [6.45, 7) is 0. The fourth-order valence-corrected chi connectivity index (χ4v) is 1.75. The number of hydrogen-bond donors (Lipinski definition) is 0. The van der Waals surface area contributed by atoms with Gasteiger partial charge in [-0.15, -0.1) is 5.10 Å². The molecule has 0 spiro atoms. The third-order valence-electron chi connectivity index (χ3n) is 1.86. The van der Waals surface area contributed by atoms with Crippen LogP contribution in [0.1, 0.15) is 12.0 Å². The zero-order valence-corrected chi connectivity index (χ0v) is 7.75. The normalized spacial score (nSPS) is 10.5. The maximum Gasteiger partial charge on any atom is 0.120 e. The Hall–Kier alpha value is -1.29. The Kier molecular flexibility index (Phi) is 2.31. The molecular weight excluding hydrogens is 184 g/mol. The lowest BCUT2D eigenvalue weighted by molar-refractivity contribution is -0.107. The fraction of sp³-hybridized carbons (Fsp3) is 0.222. The highest BCUT2D eigenvalue weighted by molar-refractivity contribution is 7.12. The van der Waals surface area contributed by atoms with Gasteiger partial charge in [-0.1, -0.05) is 10.6 Å². The average molecular weight is 192 g/mol. The molecule has 0 aliphatic carbocycles. The molecular formula is C9H8N2OS. The van der Waals surface area contributed by atoms with E-state index in [1.165, 1.54) is 11.5 Å². The molecule has 2 rings (SSSR count). The summed E-state index contributed by atoms with van der Waals surface area (Å²) in [6, 6.07) is 6.01. The van der Waals surface area contributed by atoms with Gasteiger partial charge in [0.1, 0.15) is 11.8 Å². The smallest absolute Gasteiger partial charge is 0.120 e. The predicted molar refractivity (Wildman–Crippen MR) is 51.8 cm³/mol. The van der Waals surface area contributed by atoms with Crippen molar-refractivity contribution in [3.63, 3.8) is 0 Å². The van der Waals surface area contributed by atoms with Crippen LogP contribution in [0, 0.1) is 0 Å². The van der Waals surface area contributed by atoms with Gasteiger partial charge in [-0.3, -0.25) is 0 Å². The number of carbonyl (C=O) groups excluding carboxylic acids is 1. The predicted octanol–water partition coefficient (Wildman–Crippen LogP) is 1.82. The standard InChI is InChI=1S/C9H8N2OS/c12-5-1-2-7-3-4-9-8(6-7)10-11-13-9/h3-6H,1-2H2. The van der Waals surface area contributed by atoms with Gasteiger partial charge in [-0.05, 0) is 35.6 Å². The van der Waals surface area contributed by atoms with Crippen LogP contribution in [0.2, 0.25) is 0 Å². The molecule has 0 bridgehead atoms. The van der Waals surface area contributed by atoms with Crippen LogP contribution in [0.3, 0.4) is 0 Å². The minimum absolute atomic E-state index is 0.572. The molecule has 0 saturated heterocycles. The van der Waals surface area contributed by atoms with Gasteiger partial charge in [0.15, 0.2) is 0 Å². The van der Waals surface area contributed by atoms with Crippen molar-refractivity contribution >= 4 is 28.0 Å². The average Bonchev–Trinajstić information content (AvgIpc) is 2.61. The Morgan fingerprint density at radius 1 is 1.46 bits per heavy atom. The quantitative estimate of drug-likeness (QED) is 0.697. The number of aromatic nitrogens is 2. The first-order valence-electron chi connectivity index (χ1n) is 4.05. The van der Waals surface area contributed by atoms with E-state index in [0.29, 0.717) is 6.42 Å². The van der Waals surface area contributed by atoms with Crippen LogP contribution in [0.4, 0.5) is 0 Å². The van der Waals surface area contributed by atoms with Crippen molar-refractivity contribution in [1.82, 2.24) is 9.59 Å². The fourth-order valence-electron chi connectivity index (χ4n) is 1.21. The summed E-state index contributed by atoms with van der Waals surface area (Å²) < 4.78 is 4.94. The number of fused-ring (bicyclic) bond motifs is 1. The van der Waals surface area contributed by atoms with Gasteiger partial charge in [0, 0.05) is 6.42 Å². The van der Waals surface area contributed by atoms with Crippen LogP contribution in [0.25, 0.3) is 10.2 Å². The number of rotatable bonds is 3. The third kappa shape index (κ3) is 1.72. The maximum absolute atomic E-state index is 10.2. The molecule has 0 radical (unpaired) electrons. The van der Waals surface area contributed by atoms with Crippen LogP contribution >= 0.6 is 11.5 Å². The van der Waals surface area contributed by atoms with Gasteiger partial charge < -0.3 is 4.79 Å². The Balaban J connectivity index is 2.31. The molecule has 0 N–H and O–H groups in total. The van der Waals surface area contributed by atoms with Gasteiger partial charge in [-0.25, -0.2) is 0 Å². The molecule has 3 nitrogen and oxygen atoms in total. The highest BCUT2D eigenvalue weighted by Crippen LogP contribution is 2.17. The number of nitrogens with zero attached hydrogens (tertiary/aromatic N) is 2. The summed E-state index contributed by atoms with van der Waals surface area (Å²) in [5.74, 6) is 0. The summed E-state index contributed by atoms with van der Waals surface area (Å²) in [6.07, 6.45) is 2.30. The lowest BCUT2D eigenvalue weighted by Gasteiger charge is -1.95. The Morgan fingerprint density at radius 3 is 3.23 bits per heavy atom. The zero-order valence-electron chi connectivity index (χ0n) is 6.93. The van der Waals surface area contributed by atoms with Crippen LogP contribution < -0.4 is 0 Å². The molecule has 1 aromatic heterocycles. The molecule has 0 amide bonds. The van der Waals surface area contributed by atoms with Gasteiger partial charge in [0.25, 0.3) is 0 Å². The van der Waals surface area contributed by atoms with E-state index in [1.807, 2.05) is 18.2 Å². The van der Waals surface area contributed by atoms with Crippen molar-refractivity contribution in [1.29, 1.82) is 0 Å². The van der Waals surface area contributed by atoms with E-state index in [1.54, 1.807) is 0 Å². The largest absolute Gasteiger partial charge is 0.303 e. The summed E-state index contributed by atoms with van der Waals surface area (Å²) in [5, 5.41) is 3.97. The van der Waals surface area contributed by atoms with Crippen LogP contribution in [-0.2, 0) is 11.2 Å². The van der Waals surface area contributed by atoms with Crippen LogP contribution in [-0.4, -0.2) is 15.9 Å². The molecule has 0 unspecified atom stereocenters. The molecule has 1 heterocycles. The molecule has 0 fully saturated rings. The second-order valence-electron chi connectivity index (χ2n) is 2.78. The number of aldehydes is 1. The topological polar surface area (TPSA) is 42.9 Å². The van der Waals surface area contributed by atoms with Gasteiger partial charge in [0.2, 0.25) is 0 Å². The summed E-state index contributed by atoms with van der Waals surface area (Å²) in [4.78, 5) is 10.2. The van der Waals surface area contributed by atoms with E-state index in [2.05, 4.69) is 9.59 Å². The van der Waals surface area contributed by atoms with Crippen molar-refractivity contribution in [2.24, 2.45) is 0 Å². The first kappa shape index (κ1) is 8.31. The Labute approximate surface area is 79.6 Å². The van der Waals surface area contributed by atoms with E-state index in [9.17, 15) is 4.79 Å². The van der Waals surface area contributed by atoms with Crippen molar-refractivity contribution in [3.8, 4) is 0 Å². The lowest BCUT2D eigenvalue weighted by Crippen LogP contribution is -1.85. The number of benzene rings is 1.